The van der Waals surface area contributed by atoms with Crippen LogP contribution < -0.4 is 21.1 Å². The molecule has 1 heterocycles. The summed E-state index contributed by atoms with van der Waals surface area (Å²) in [5.41, 5.74) is 7.69. The van der Waals surface area contributed by atoms with Gasteiger partial charge in [0.25, 0.3) is 0 Å². The van der Waals surface area contributed by atoms with Gasteiger partial charge in [-0.05, 0) is 37.6 Å². The molecule has 0 atom stereocenters. The van der Waals surface area contributed by atoms with Crippen LogP contribution in [-0.4, -0.2) is 44.2 Å². The van der Waals surface area contributed by atoms with Crippen molar-refractivity contribution < 1.29 is 9.53 Å². The molecule has 6 nitrogen and oxygen atoms in total. The van der Waals surface area contributed by atoms with Crippen LogP contribution in [0.5, 0.6) is 5.75 Å². The average molecular weight is 306 g/mol. The SMILES string of the molecule is COc1cc(CNCCCCN)ccc1CN1CCNC1=O. The van der Waals surface area contributed by atoms with E-state index in [9.17, 15) is 4.79 Å². The first-order chi connectivity index (χ1) is 10.7. The molecule has 1 saturated heterocycles. The number of carbonyl (C=O) groups excluding carboxylic acids is 1. The van der Waals surface area contributed by atoms with Crippen LogP contribution in [0.1, 0.15) is 24.0 Å². The topological polar surface area (TPSA) is 79.6 Å². The molecule has 0 saturated carbocycles. The number of hydrogen-bond acceptors (Lipinski definition) is 4. The molecule has 0 bridgehead atoms. The lowest BCUT2D eigenvalue weighted by Gasteiger charge is -2.17. The number of urea groups is 1. The summed E-state index contributed by atoms with van der Waals surface area (Å²) in [5, 5.41) is 6.21. The Morgan fingerprint density at radius 2 is 2.27 bits per heavy atom. The van der Waals surface area contributed by atoms with E-state index >= 15 is 0 Å². The largest absolute Gasteiger partial charge is 0.496 e. The first-order valence-corrected chi connectivity index (χ1v) is 7.84. The van der Waals surface area contributed by atoms with E-state index in [4.69, 9.17) is 10.5 Å². The summed E-state index contributed by atoms with van der Waals surface area (Å²) in [7, 11) is 1.67. The number of nitrogens with two attached hydrogens (primary N) is 1. The zero-order valence-electron chi connectivity index (χ0n) is 13.2. The lowest BCUT2D eigenvalue weighted by molar-refractivity contribution is 0.215. The van der Waals surface area contributed by atoms with Crippen LogP contribution in [0, 0.1) is 0 Å². The number of ether oxygens (including phenoxy) is 1. The van der Waals surface area contributed by atoms with Crippen molar-refractivity contribution >= 4 is 6.03 Å². The Balaban J connectivity index is 1.90. The van der Waals surface area contributed by atoms with Crippen molar-refractivity contribution in [2.24, 2.45) is 5.73 Å². The molecule has 0 radical (unpaired) electrons. The minimum Gasteiger partial charge on any atom is -0.496 e. The number of methoxy groups -OCH3 is 1. The quantitative estimate of drug-likeness (QED) is 0.596. The number of amides is 2. The number of hydrogen-bond donors (Lipinski definition) is 3. The van der Waals surface area contributed by atoms with Crippen LogP contribution in [0.3, 0.4) is 0 Å². The standard InChI is InChI=1S/C16H26N4O2/c1-22-15-10-13(11-18-7-3-2-6-17)4-5-14(15)12-20-9-8-19-16(20)21/h4-5,10,18H,2-3,6-9,11-12,17H2,1H3,(H,19,21). The molecule has 1 aliphatic rings. The Hall–Kier alpha value is -1.79. The Kier molecular flexibility index (Phi) is 6.48. The second kappa shape index (κ2) is 8.60. The number of rotatable bonds is 9. The Labute approximate surface area is 132 Å². The van der Waals surface area contributed by atoms with Gasteiger partial charge in [-0.3, -0.25) is 0 Å². The Bertz CT molecular complexity index is 493. The van der Waals surface area contributed by atoms with Gasteiger partial charge in [0, 0.05) is 25.2 Å². The fraction of sp³-hybridized carbons (Fsp3) is 0.562. The molecular weight excluding hydrogens is 280 g/mol. The maximum absolute atomic E-state index is 11.6. The van der Waals surface area contributed by atoms with Crippen molar-refractivity contribution in [2.45, 2.75) is 25.9 Å². The number of carbonyl (C=O) groups is 1. The molecule has 22 heavy (non-hydrogen) atoms. The van der Waals surface area contributed by atoms with Gasteiger partial charge >= 0.3 is 6.03 Å². The number of nitrogens with one attached hydrogen (secondary N) is 2. The molecule has 2 rings (SSSR count). The molecule has 0 aliphatic carbocycles. The van der Waals surface area contributed by atoms with Crippen LogP contribution in [0.4, 0.5) is 4.79 Å². The van der Waals surface area contributed by atoms with Crippen molar-refractivity contribution in [2.75, 3.05) is 33.3 Å². The van der Waals surface area contributed by atoms with E-state index in [0.29, 0.717) is 13.1 Å². The van der Waals surface area contributed by atoms with Crippen LogP contribution >= 0.6 is 0 Å². The number of unbranched alkanes of at least 4 members (excludes halogenated alkanes) is 1. The molecule has 2 amide bonds. The molecule has 0 unspecified atom stereocenters. The molecule has 4 N–H and O–H groups in total. The maximum atomic E-state index is 11.6. The minimum absolute atomic E-state index is 0.00676. The normalized spacial score (nSPS) is 14.3. The monoisotopic (exact) mass is 306 g/mol. The fourth-order valence-corrected chi connectivity index (χ4v) is 2.52. The van der Waals surface area contributed by atoms with Gasteiger partial charge in [-0.15, -0.1) is 0 Å². The maximum Gasteiger partial charge on any atom is 0.317 e. The third-order valence-electron chi connectivity index (χ3n) is 3.79. The summed E-state index contributed by atoms with van der Waals surface area (Å²) < 4.78 is 5.47. The molecule has 0 spiro atoms. The van der Waals surface area contributed by atoms with Gasteiger partial charge in [0.2, 0.25) is 0 Å². The van der Waals surface area contributed by atoms with E-state index in [1.165, 1.54) is 5.56 Å². The van der Waals surface area contributed by atoms with Crippen LogP contribution in [-0.2, 0) is 13.1 Å². The second-order valence-corrected chi connectivity index (χ2v) is 5.47. The summed E-state index contributed by atoms with van der Waals surface area (Å²) in [5.74, 6) is 0.834. The highest BCUT2D eigenvalue weighted by molar-refractivity contribution is 5.76. The van der Waals surface area contributed by atoms with Gasteiger partial charge in [0.1, 0.15) is 5.75 Å². The van der Waals surface area contributed by atoms with Gasteiger partial charge in [-0.2, -0.15) is 0 Å². The highest BCUT2D eigenvalue weighted by Gasteiger charge is 2.20. The molecular formula is C16H26N4O2. The molecule has 6 heteroatoms. The Morgan fingerprint density at radius 1 is 1.41 bits per heavy atom. The van der Waals surface area contributed by atoms with Crippen LogP contribution in [0.15, 0.2) is 18.2 Å². The molecule has 122 valence electrons. The molecule has 1 aromatic carbocycles. The van der Waals surface area contributed by atoms with E-state index in [-0.39, 0.29) is 6.03 Å². The van der Waals surface area contributed by atoms with Crippen molar-refractivity contribution in [3.8, 4) is 5.75 Å². The summed E-state index contributed by atoms with van der Waals surface area (Å²) in [6, 6.07) is 6.16. The van der Waals surface area contributed by atoms with E-state index in [0.717, 1.165) is 50.3 Å². The predicted molar refractivity (Wildman–Crippen MR) is 86.8 cm³/mol. The van der Waals surface area contributed by atoms with E-state index < -0.39 is 0 Å². The van der Waals surface area contributed by atoms with Gasteiger partial charge in [0.05, 0.1) is 13.7 Å². The van der Waals surface area contributed by atoms with E-state index in [2.05, 4.69) is 16.7 Å². The molecule has 1 aromatic rings. The summed E-state index contributed by atoms with van der Waals surface area (Å²) in [4.78, 5) is 13.4. The Morgan fingerprint density at radius 3 is 2.95 bits per heavy atom. The summed E-state index contributed by atoms with van der Waals surface area (Å²) >= 11 is 0. The van der Waals surface area contributed by atoms with Crippen LogP contribution in [0.2, 0.25) is 0 Å². The summed E-state index contributed by atoms with van der Waals surface area (Å²) in [6.07, 6.45) is 2.14. The van der Waals surface area contributed by atoms with Gasteiger partial charge in [-0.1, -0.05) is 12.1 Å². The molecule has 1 aliphatic heterocycles. The number of benzene rings is 1. The lowest BCUT2D eigenvalue weighted by atomic mass is 10.1. The summed E-state index contributed by atoms with van der Waals surface area (Å²) in [6.45, 7) is 4.56. The van der Waals surface area contributed by atoms with E-state index in [1.807, 2.05) is 12.1 Å². The van der Waals surface area contributed by atoms with Crippen molar-refractivity contribution in [3.63, 3.8) is 0 Å². The predicted octanol–water partition coefficient (Wildman–Crippen LogP) is 1.05. The van der Waals surface area contributed by atoms with Gasteiger partial charge in [-0.25, -0.2) is 4.79 Å². The van der Waals surface area contributed by atoms with Crippen LogP contribution in [0.25, 0.3) is 0 Å². The van der Waals surface area contributed by atoms with Crippen molar-refractivity contribution in [1.29, 1.82) is 0 Å². The number of nitrogens with zero attached hydrogens (tertiary/aromatic N) is 1. The van der Waals surface area contributed by atoms with Gasteiger partial charge in [0.15, 0.2) is 0 Å². The van der Waals surface area contributed by atoms with E-state index in [1.54, 1.807) is 12.0 Å². The van der Waals surface area contributed by atoms with Gasteiger partial charge < -0.3 is 26.0 Å². The second-order valence-electron chi connectivity index (χ2n) is 5.47. The third kappa shape index (κ3) is 4.61. The minimum atomic E-state index is -0.00676. The lowest BCUT2D eigenvalue weighted by Crippen LogP contribution is -2.27. The zero-order valence-corrected chi connectivity index (χ0v) is 13.2. The fourth-order valence-electron chi connectivity index (χ4n) is 2.52. The third-order valence-corrected chi connectivity index (χ3v) is 3.79. The van der Waals surface area contributed by atoms with Crippen molar-refractivity contribution in [1.82, 2.24) is 15.5 Å². The molecule has 0 aromatic heterocycles. The first-order valence-electron chi connectivity index (χ1n) is 7.84. The molecule has 1 fully saturated rings. The highest BCUT2D eigenvalue weighted by Crippen LogP contribution is 2.22. The average Bonchev–Trinajstić information content (AvgIpc) is 2.93. The zero-order chi connectivity index (χ0) is 15.8. The smallest absolute Gasteiger partial charge is 0.317 e. The highest BCUT2D eigenvalue weighted by atomic mass is 16.5. The van der Waals surface area contributed by atoms with Crippen molar-refractivity contribution in [3.05, 3.63) is 29.3 Å². The first kappa shape index (κ1) is 16.6.